The number of aromatic hydroxyl groups is 1. The molecular formula is C41H63N3O5. The molecule has 1 aromatic carbocycles. The number of nitrogens with one attached hydrogen (secondary N) is 1. The van der Waals surface area contributed by atoms with E-state index in [9.17, 15) is 20.4 Å². The normalized spacial score (nSPS) is 45.8. The van der Waals surface area contributed by atoms with E-state index >= 15 is 0 Å². The van der Waals surface area contributed by atoms with Gasteiger partial charge in [0.25, 0.3) is 0 Å². The first-order valence-electron chi connectivity index (χ1n) is 19.5. The highest BCUT2D eigenvalue weighted by Gasteiger charge is 2.67. The molecule has 1 saturated heterocycles. The molecule has 13 atom stereocenters. The Labute approximate surface area is 294 Å². The molecule has 8 heteroatoms. The minimum atomic E-state index is -0.732. The van der Waals surface area contributed by atoms with Gasteiger partial charge in [-0.2, -0.15) is 0 Å². The van der Waals surface area contributed by atoms with Crippen LogP contribution in [0.2, 0.25) is 0 Å². The fraction of sp³-hybridized carbons (Fsp3) is 0.780. The second-order valence-corrected chi connectivity index (χ2v) is 18.3. The predicted molar refractivity (Wildman–Crippen MR) is 193 cm³/mol. The van der Waals surface area contributed by atoms with E-state index in [1.807, 2.05) is 12.1 Å². The van der Waals surface area contributed by atoms with Crippen LogP contribution in [-0.4, -0.2) is 63.1 Å². The van der Waals surface area contributed by atoms with Gasteiger partial charge in [0, 0.05) is 24.8 Å². The molecule has 272 valence electrons. The Morgan fingerprint density at radius 1 is 1.06 bits per heavy atom. The number of epoxide rings is 1. The van der Waals surface area contributed by atoms with Crippen molar-refractivity contribution in [3.05, 3.63) is 42.0 Å². The van der Waals surface area contributed by atoms with Crippen molar-refractivity contribution >= 4 is 5.96 Å². The molecule has 0 aromatic heterocycles. The monoisotopic (exact) mass is 677 g/mol. The lowest BCUT2D eigenvalue weighted by Gasteiger charge is -2.59. The van der Waals surface area contributed by atoms with Crippen molar-refractivity contribution in [3.63, 3.8) is 0 Å². The quantitative estimate of drug-likeness (QED) is 0.0632. The van der Waals surface area contributed by atoms with Crippen LogP contribution in [0.4, 0.5) is 0 Å². The number of fused-ring (bicyclic) bond motifs is 3. The Kier molecular flexibility index (Phi) is 9.45. The highest BCUT2D eigenvalue weighted by molar-refractivity contribution is 5.77. The number of hydrogen-bond donors (Lipinski definition) is 6. The number of hydrogen-bond acceptors (Lipinski definition) is 6. The fourth-order valence-corrected chi connectivity index (χ4v) is 12.4. The third-order valence-corrected chi connectivity index (χ3v) is 15.0. The predicted octanol–water partition coefficient (Wildman–Crippen LogP) is 6.20. The lowest BCUT2D eigenvalue weighted by molar-refractivity contribution is -0.0839. The zero-order valence-electron chi connectivity index (χ0n) is 30.2. The largest absolute Gasteiger partial charge is 0.508 e. The van der Waals surface area contributed by atoms with E-state index in [0.29, 0.717) is 41.8 Å². The van der Waals surface area contributed by atoms with Crippen LogP contribution in [0.25, 0.3) is 0 Å². The van der Waals surface area contributed by atoms with Crippen LogP contribution in [0, 0.1) is 46.3 Å². The second-order valence-electron chi connectivity index (χ2n) is 18.3. The average molecular weight is 678 g/mol. The number of aliphatic imine (C=N–C) groups is 1. The number of nitrogens with zero attached hydrogens (tertiary/aromatic N) is 1. The SMILES string of the molecule is C=C1C[C@@]2(CC[C@@H](CC[C@@]3(O)CCC[C@@H](O)C3)C2)[C@@H]2O[C@]2(C)CC[C@H]2[C@@H]1C[C@]2(C)[C@@H]1C[C@@H]([C@H](O)NC(N)=NC)C[C@H]1Cc1ccc(O)cc1. The van der Waals surface area contributed by atoms with Gasteiger partial charge in [0.2, 0.25) is 0 Å². The minimum Gasteiger partial charge on any atom is -0.508 e. The van der Waals surface area contributed by atoms with Crippen LogP contribution in [0.15, 0.2) is 41.4 Å². The molecule has 6 fully saturated rings. The number of phenolic OH excluding ortho intramolecular Hbond substituents is 1. The summed E-state index contributed by atoms with van der Waals surface area (Å²) >= 11 is 0. The van der Waals surface area contributed by atoms with Crippen LogP contribution in [-0.2, 0) is 11.2 Å². The second kappa shape index (κ2) is 13.1. The first-order valence-corrected chi connectivity index (χ1v) is 19.5. The van der Waals surface area contributed by atoms with Gasteiger partial charge in [-0.3, -0.25) is 4.99 Å². The highest BCUT2D eigenvalue weighted by atomic mass is 16.6. The van der Waals surface area contributed by atoms with Gasteiger partial charge >= 0.3 is 0 Å². The van der Waals surface area contributed by atoms with Gasteiger partial charge in [-0.15, -0.1) is 0 Å². The average Bonchev–Trinajstić information content (AvgIpc) is 3.35. The number of aliphatic hydroxyl groups is 3. The van der Waals surface area contributed by atoms with Crippen molar-refractivity contribution in [2.24, 2.45) is 57.1 Å². The Balaban J connectivity index is 1.07. The number of benzene rings is 1. The molecule has 0 amide bonds. The first-order chi connectivity index (χ1) is 23.2. The molecule has 1 aliphatic heterocycles. The summed E-state index contributed by atoms with van der Waals surface area (Å²) in [6.45, 7) is 9.73. The van der Waals surface area contributed by atoms with Gasteiger partial charge in [-0.05, 0) is 156 Å². The number of nitrogens with two attached hydrogens (primary N) is 1. The van der Waals surface area contributed by atoms with Crippen LogP contribution in [0.3, 0.4) is 0 Å². The van der Waals surface area contributed by atoms with E-state index in [1.165, 1.54) is 24.0 Å². The molecule has 8 nitrogen and oxygen atoms in total. The van der Waals surface area contributed by atoms with E-state index in [0.717, 1.165) is 83.5 Å². The van der Waals surface area contributed by atoms with Crippen molar-refractivity contribution in [1.82, 2.24) is 5.32 Å². The lowest BCUT2D eigenvalue weighted by atomic mass is 9.45. The number of aliphatic hydroxyl groups excluding tert-OH is 2. The van der Waals surface area contributed by atoms with Gasteiger partial charge in [0.15, 0.2) is 5.96 Å². The van der Waals surface area contributed by atoms with Crippen molar-refractivity contribution in [2.75, 3.05) is 7.05 Å². The van der Waals surface area contributed by atoms with E-state index in [1.54, 1.807) is 19.2 Å². The summed E-state index contributed by atoms with van der Waals surface area (Å²) in [6.07, 6.45) is 14.9. The van der Waals surface area contributed by atoms with Crippen LogP contribution >= 0.6 is 0 Å². The van der Waals surface area contributed by atoms with Crippen LogP contribution in [0.1, 0.15) is 116 Å². The Morgan fingerprint density at radius 3 is 2.57 bits per heavy atom. The summed E-state index contributed by atoms with van der Waals surface area (Å²) in [7, 11) is 1.64. The topological polar surface area (TPSA) is 144 Å². The summed E-state index contributed by atoms with van der Waals surface area (Å²) in [5, 5.41) is 45.7. The molecule has 7 N–H and O–H groups in total. The summed E-state index contributed by atoms with van der Waals surface area (Å²) in [5.74, 6) is 3.17. The number of rotatable bonds is 8. The molecule has 0 unspecified atom stereocenters. The van der Waals surface area contributed by atoms with E-state index in [2.05, 4.69) is 24.2 Å². The van der Waals surface area contributed by atoms with Crippen molar-refractivity contribution in [3.8, 4) is 5.75 Å². The molecule has 0 bridgehead atoms. The minimum absolute atomic E-state index is 0.0764. The molecule has 49 heavy (non-hydrogen) atoms. The maximum absolute atomic E-state index is 11.2. The van der Waals surface area contributed by atoms with Gasteiger partial charge in [0.1, 0.15) is 12.0 Å². The lowest BCUT2D eigenvalue weighted by Crippen LogP contribution is -2.52. The maximum atomic E-state index is 11.2. The molecule has 1 spiro atoms. The van der Waals surface area contributed by atoms with Gasteiger partial charge in [0.05, 0.1) is 23.4 Å². The Morgan fingerprint density at radius 2 is 1.84 bits per heavy atom. The van der Waals surface area contributed by atoms with E-state index in [-0.39, 0.29) is 40.5 Å². The summed E-state index contributed by atoms with van der Waals surface area (Å²) < 4.78 is 6.74. The Bertz CT molecular complexity index is 1400. The number of ether oxygens (including phenoxy) is 1. The number of phenols is 1. The third-order valence-electron chi connectivity index (χ3n) is 15.0. The van der Waals surface area contributed by atoms with E-state index < -0.39 is 11.8 Å². The van der Waals surface area contributed by atoms with Crippen molar-refractivity contribution in [1.29, 1.82) is 0 Å². The fourth-order valence-electron chi connectivity index (χ4n) is 12.4. The molecule has 5 aliphatic carbocycles. The molecule has 1 aromatic rings. The smallest absolute Gasteiger partial charge is 0.190 e. The van der Waals surface area contributed by atoms with Gasteiger partial charge in [-0.25, -0.2) is 0 Å². The van der Waals surface area contributed by atoms with Crippen LogP contribution < -0.4 is 11.1 Å². The molecule has 6 aliphatic rings. The Hall–Kier alpha value is -2.13. The molecule has 0 radical (unpaired) electrons. The van der Waals surface area contributed by atoms with E-state index in [4.69, 9.17) is 17.0 Å². The third kappa shape index (κ3) is 6.81. The molecule has 7 rings (SSSR count). The molecule has 5 saturated carbocycles. The highest BCUT2D eigenvalue weighted by Crippen LogP contribution is 2.69. The van der Waals surface area contributed by atoms with Crippen molar-refractivity contribution in [2.45, 2.75) is 146 Å². The number of guanidine groups is 1. The zero-order valence-corrected chi connectivity index (χ0v) is 30.2. The van der Waals surface area contributed by atoms with Crippen molar-refractivity contribution < 1.29 is 25.2 Å². The maximum Gasteiger partial charge on any atom is 0.190 e. The van der Waals surface area contributed by atoms with Gasteiger partial charge in [-0.1, -0.05) is 31.2 Å². The molecule has 1 heterocycles. The number of allylic oxidation sites excluding steroid dienone is 1. The summed E-state index contributed by atoms with van der Waals surface area (Å²) in [6, 6.07) is 7.66. The zero-order chi connectivity index (χ0) is 34.8. The summed E-state index contributed by atoms with van der Waals surface area (Å²) in [5.41, 5.74) is 8.15. The van der Waals surface area contributed by atoms with Gasteiger partial charge < -0.3 is 36.2 Å². The molecular weight excluding hydrogens is 614 g/mol. The summed E-state index contributed by atoms with van der Waals surface area (Å²) in [4.78, 5) is 4.03. The van der Waals surface area contributed by atoms with Crippen LogP contribution in [0.5, 0.6) is 5.75 Å². The standard InChI is InChI=1S/C41H63N3O5/c1-25-21-40(16-11-27(22-40)12-17-41(48)14-5-6-31(46)23-41)36-39(3,49-36)15-13-33-32(25)24-38(33,2)34-20-29(35(47)44-37(42)43-4)19-28(34)18-26-7-9-30(45)10-8-26/h7-10,27-29,31-36,45-48H,1,5-6,11-24H2,2-4H3,(H3,42,43,44)/t27-,28+,29-,31+,32+,33-,34+,35-,36+,38-,39+,40+,41-/m0/s1. The first kappa shape index (κ1) is 35.3.